The molecule has 23 heavy (non-hydrogen) atoms. The number of anilines is 1. The van der Waals surface area contributed by atoms with Crippen LogP contribution in [-0.4, -0.2) is 9.78 Å². The average Bonchev–Trinajstić information content (AvgIpc) is 3.03. The molecule has 0 aliphatic carbocycles. The SMILES string of the molecule is N#CN(Cc1ccn(-c2ccc(F)cc2)n1)c1ccccc1F. The maximum Gasteiger partial charge on any atom is 0.184 e. The molecule has 0 unspecified atom stereocenters. The first-order valence-electron chi connectivity index (χ1n) is 6.89. The van der Waals surface area contributed by atoms with Crippen LogP contribution in [0.4, 0.5) is 14.5 Å². The molecule has 0 amide bonds. The van der Waals surface area contributed by atoms with Crippen molar-refractivity contribution in [2.24, 2.45) is 0 Å². The van der Waals surface area contributed by atoms with Crippen LogP contribution in [0, 0.1) is 23.1 Å². The highest BCUT2D eigenvalue weighted by Gasteiger charge is 2.13. The number of nitriles is 1. The molecule has 0 saturated carbocycles. The van der Waals surface area contributed by atoms with E-state index in [1.807, 2.05) is 6.19 Å². The molecule has 0 atom stereocenters. The standard InChI is InChI=1S/C17H12F2N4/c18-13-5-7-15(8-6-13)23-10-9-14(21-23)11-22(12-20)17-4-2-1-3-16(17)19/h1-10H,11H2. The largest absolute Gasteiger partial charge is 0.270 e. The summed E-state index contributed by atoms with van der Waals surface area (Å²) in [5, 5.41) is 13.6. The van der Waals surface area contributed by atoms with Gasteiger partial charge in [-0.05, 0) is 42.5 Å². The predicted octanol–water partition coefficient (Wildman–Crippen LogP) is 3.64. The lowest BCUT2D eigenvalue weighted by molar-refractivity contribution is 0.624. The second kappa shape index (κ2) is 6.28. The number of rotatable bonds is 4. The van der Waals surface area contributed by atoms with Crippen LogP contribution >= 0.6 is 0 Å². The molecule has 0 fully saturated rings. The second-order valence-corrected chi connectivity index (χ2v) is 4.87. The Kier molecular flexibility index (Phi) is 4.02. The van der Waals surface area contributed by atoms with E-state index in [0.29, 0.717) is 11.4 Å². The van der Waals surface area contributed by atoms with E-state index in [1.165, 1.54) is 29.2 Å². The average molecular weight is 310 g/mol. The van der Waals surface area contributed by atoms with Crippen molar-refractivity contribution in [1.82, 2.24) is 9.78 Å². The first kappa shape index (κ1) is 14.7. The van der Waals surface area contributed by atoms with Gasteiger partial charge in [-0.15, -0.1) is 0 Å². The van der Waals surface area contributed by atoms with E-state index in [0.717, 1.165) is 0 Å². The van der Waals surface area contributed by atoms with Gasteiger partial charge >= 0.3 is 0 Å². The number of benzene rings is 2. The van der Waals surface area contributed by atoms with Gasteiger partial charge in [0.2, 0.25) is 0 Å². The van der Waals surface area contributed by atoms with Gasteiger partial charge in [-0.1, -0.05) is 12.1 Å². The van der Waals surface area contributed by atoms with Crippen molar-refractivity contribution in [3.05, 3.63) is 78.1 Å². The molecule has 6 heteroatoms. The zero-order valence-corrected chi connectivity index (χ0v) is 12.0. The molecule has 114 valence electrons. The minimum Gasteiger partial charge on any atom is -0.270 e. The molecule has 3 rings (SSSR count). The summed E-state index contributed by atoms with van der Waals surface area (Å²) in [6.07, 6.45) is 3.67. The van der Waals surface area contributed by atoms with Crippen LogP contribution in [0.25, 0.3) is 5.69 Å². The topological polar surface area (TPSA) is 44.9 Å². The van der Waals surface area contributed by atoms with Gasteiger partial charge in [0, 0.05) is 6.20 Å². The zero-order chi connectivity index (χ0) is 16.2. The molecule has 3 aromatic rings. The summed E-state index contributed by atoms with van der Waals surface area (Å²) < 4.78 is 28.3. The van der Waals surface area contributed by atoms with Crippen molar-refractivity contribution >= 4 is 5.69 Å². The highest BCUT2D eigenvalue weighted by Crippen LogP contribution is 2.20. The van der Waals surface area contributed by atoms with Crippen molar-refractivity contribution < 1.29 is 8.78 Å². The lowest BCUT2D eigenvalue weighted by atomic mass is 10.2. The Labute approximate surface area is 131 Å². The molecule has 2 aromatic carbocycles. The number of halogens is 2. The summed E-state index contributed by atoms with van der Waals surface area (Å²) in [6.45, 7) is 0.144. The summed E-state index contributed by atoms with van der Waals surface area (Å²) in [6, 6.07) is 13.7. The van der Waals surface area contributed by atoms with Crippen LogP contribution in [0.15, 0.2) is 60.8 Å². The fraction of sp³-hybridized carbons (Fsp3) is 0.0588. The Hall–Kier alpha value is -3.20. The Morgan fingerprint density at radius 2 is 1.78 bits per heavy atom. The monoisotopic (exact) mass is 310 g/mol. The van der Waals surface area contributed by atoms with Gasteiger partial charge in [-0.25, -0.2) is 13.5 Å². The maximum absolute atomic E-state index is 13.8. The van der Waals surface area contributed by atoms with Crippen molar-refractivity contribution in [2.75, 3.05) is 4.90 Å². The molecular weight excluding hydrogens is 298 g/mol. The predicted molar refractivity (Wildman–Crippen MR) is 81.7 cm³/mol. The van der Waals surface area contributed by atoms with Crippen molar-refractivity contribution in [3.8, 4) is 11.9 Å². The summed E-state index contributed by atoms with van der Waals surface area (Å²) >= 11 is 0. The maximum atomic E-state index is 13.8. The molecule has 1 aromatic heterocycles. The summed E-state index contributed by atoms with van der Waals surface area (Å²) in [5.74, 6) is -0.789. The van der Waals surface area contributed by atoms with Gasteiger partial charge in [-0.2, -0.15) is 10.4 Å². The van der Waals surface area contributed by atoms with E-state index in [1.54, 1.807) is 41.2 Å². The minimum absolute atomic E-state index is 0.144. The molecule has 0 saturated heterocycles. The highest BCUT2D eigenvalue weighted by molar-refractivity contribution is 5.51. The Morgan fingerprint density at radius 1 is 1.04 bits per heavy atom. The van der Waals surface area contributed by atoms with Gasteiger partial charge in [-0.3, -0.25) is 4.90 Å². The molecule has 0 bridgehead atoms. The molecule has 0 aliphatic heterocycles. The molecule has 4 nitrogen and oxygen atoms in total. The Balaban J connectivity index is 1.82. The van der Waals surface area contributed by atoms with Crippen LogP contribution in [0.1, 0.15) is 5.69 Å². The lowest BCUT2D eigenvalue weighted by Crippen LogP contribution is -2.17. The molecule has 1 heterocycles. The summed E-state index contributed by atoms with van der Waals surface area (Å²) in [5.41, 5.74) is 1.50. The molecular formula is C17H12F2N4. The van der Waals surface area contributed by atoms with E-state index in [9.17, 15) is 14.0 Å². The minimum atomic E-state index is -0.466. The molecule has 0 radical (unpaired) electrons. The molecule has 0 aliphatic rings. The van der Waals surface area contributed by atoms with Gasteiger partial charge in [0.05, 0.1) is 23.6 Å². The normalized spacial score (nSPS) is 10.3. The van der Waals surface area contributed by atoms with E-state index in [4.69, 9.17) is 0 Å². The Bertz CT molecular complexity index is 850. The van der Waals surface area contributed by atoms with Crippen LogP contribution in [-0.2, 0) is 6.54 Å². The zero-order valence-electron chi connectivity index (χ0n) is 12.0. The molecule has 0 N–H and O–H groups in total. The van der Waals surface area contributed by atoms with Crippen LogP contribution in [0.2, 0.25) is 0 Å². The van der Waals surface area contributed by atoms with Crippen LogP contribution in [0.5, 0.6) is 0 Å². The molecule has 0 spiro atoms. The fourth-order valence-electron chi connectivity index (χ4n) is 2.19. The number of hydrogen-bond donors (Lipinski definition) is 0. The van der Waals surface area contributed by atoms with E-state index >= 15 is 0 Å². The third-order valence-electron chi connectivity index (χ3n) is 3.32. The highest BCUT2D eigenvalue weighted by atomic mass is 19.1. The number of nitrogens with zero attached hydrogens (tertiary/aromatic N) is 4. The van der Waals surface area contributed by atoms with Crippen molar-refractivity contribution in [3.63, 3.8) is 0 Å². The van der Waals surface area contributed by atoms with Crippen molar-refractivity contribution in [2.45, 2.75) is 6.54 Å². The summed E-state index contributed by atoms with van der Waals surface area (Å²) in [4.78, 5) is 1.23. The van der Waals surface area contributed by atoms with E-state index < -0.39 is 5.82 Å². The fourth-order valence-corrected chi connectivity index (χ4v) is 2.19. The first-order valence-corrected chi connectivity index (χ1v) is 6.89. The van der Waals surface area contributed by atoms with E-state index in [2.05, 4.69) is 5.10 Å². The third kappa shape index (κ3) is 3.19. The van der Waals surface area contributed by atoms with Crippen LogP contribution < -0.4 is 4.90 Å². The number of hydrogen-bond acceptors (Lipinski definition) is 3. The smallest absolute Gasteiger partial charge is 0.184 e. The summed E-state index contributed by atoms with van der Waals surface area (Å²) in [7, 11) is 0. The number of para-hydroxylation sites is 1. The lowest BCUT2D eigenvalue weighted by Gasteiger charge is -2.14. The van der Waals surface area contributed by atoms with Gasteiger partial charge in [0.25, 0.3) is 0 Å². The second-order valence-electron chi connectivity index (χ2n) is 4.87. The third-order valence-corrected chi connectivity index (χ3v) is 3.32. The van der Waals surface area contributed by atoms with Gasteiger partial charge in [0.1, 0.15) is 11.6 Å². The van der Waals surface area contributed by atoms with Gasteiger partial charge < -0.3 is 0 Å². The quantitative estimate of drug-likeness (QED) is 0.546. The first-order chi connectivity index (χ1) is 11.2. The Morgan fingerprint density at radius 3 is 2.48 bits per heavy atom. The van der Waals surface area contributed by atoms with Gasteiger partial charge in [0.15, 0.2) is 6.19 Å². The van der Waals surface area contributed by atoms with E-state index in [-0.39, 0.29) is 18.0 Å². The van der Waals surface area contributed by atoms with Crippen molar-refractivity contribution in [1.29, 1.82) is 5.26 Å². The number of aromatic nitrogens is 2. The van der Waals surface area contributed by atoms with Crippen LogP contribution in [0.3, 0.4) is 0 Å².